The normalized spacial score (nSPS) is 14.0. The molecule has 1 aromatic carbocycles. The van der Waals surface area contributed by atoms with Crippen LogP contribution in [-0.2, 0) is 5.41 Å². The number of rotatable bonds is 7. The van der Waals surface area contributed by atoms with Crippen molar-refractivity contribution in [3.8, 4) is 5.75 Å². The number of hydrogen-bond acceptors (Lipinski definition) is 2. The molecule has 0 saturated carbocycles. The van der Waals surface area contributed by atoms with Crippen LogP contribution in [0.25, 0.3) is 0 Å². The summed E-state index contributed by atoms with van der Waals surface area (Å²) >= 11 is 0. The Balaban J connectivity index is 2.61. The molecular formula is C19H33NO. The molecule has 2 nitrogen and oxygen atoms in total. The Hall–Kier alpha value is -1.02. The van der Waals surface area contributed by atoms with Crippen LogP contribution in [0.2, 0.25) is 0 Å². The first-order valence-corrected chi connectivity index (χ1v) is 8.05. The summed E-state index contributed by atoms with van der Waals surface area (Å²) in [5.41, 5.74) is 1.91. The maximum Gasteiger partial charge on any atom is 0.119 e. The van der Waals surface area contributed by atoms with E-state index < -0.39 is 0 Å². The molecule has 2 heteroatoms. The van der Waals surface area contributed by atoms with Crippen molar-refractivity contribution >= 4 is 0 Å². The van der Waals surface area contributed by atoms with E-state index in [1.807, 2.05) is 7.05 Å². The van der Waals surface area contributed by atoms with E-state index in [9.17, 15) is 0 Å². The van der Waals surface area contributed by atoms with E-state index in [4.69, 9.17) is 4.74 Å². The number of nitrogens with one attached hydrogen (secondary N) is 1. The van der Waals surface area contributed by atoms with Gasteiger partial charge in [-0.05, 0) is 55.3 Å². The third-order valence-electron chi connectivity index (χ3n) is 3.92. The van der Waals surface area contributed by atoms with Crippen LogP contribution >= 0.6 is 0 Å². The van der Waals surface area contributed by atoms with Crippen molar-refractivity contribution in [2.45, 2.75) is 65.8 Å². The average Bonchev–Trinajstić information content (AvgIpc) is 2.36. The van der Waals surface area contributed by atoms with Crippen molar-refractivity contribution in [1.82, 2.24) is 5.32 Å². The molecule has 1 aromatic rings. The Kier molecular flexibility index (Phi) is 6.27. The molecule has 0 heterocycles. The van der Waals surface area contributed by atoms with Crippen LogP contribution in [0.3, 0.4) is 0 Å². The summed E-state index contributed by atoms with van der Waals surface area (Å²) in [6.45, 7) is 14.5. The topological polar surface area (TPSA) is 21.3 Å². The van der Waals surface area contributed by atoms with Crippen LogP contribution in [0.4, 0.5) is 0 Å². The summed E-state index contributed by atoms with van der Waals surface area (Å²) in [5.74, 6) is 0.966. The summed E-state index contributed by atoms with van der Waals surface area (Å²) in [6, 6.07) is 9.12. The average molecular weight is 291 g/mol. The van der Waals surface area contributed by atoms with Gasteiger partial charge >= 0.3 is 0 Å². The van der Waals surface area contributed by atoms with Crippen molar-refractivity contribution in [2.75, 3.05) is 13.7 Å². The van der Waals surface area contributed by atoms with Crippen LogP contribution in [0, 0.1) is 5.41 Å². The fourth-order valence-corrected chi connectivity index (χ4v) is 2.93. The van der Waals surface area contributed by atoms with Crippen molar-refractivity contribution < 1.29 is 4.74 Å². The van der Waals surface area contributed by atoms with Gasteiger partial charge in [-0.15, -0.1) is 0 Å². The van der Waals surface area contributed by atoms with Gasteiger partial charge in [0.25, 0.3) is 0 Å². The monoisotopic (exact) mass is 291 g/mol. The largest absolute Gasteiger partial charge is 0.494 e. The lowest BCUT2D eigenvalue weighted by atomic mass is 9.72. The van der Waals surface area contributed by atoms with Crippen LogP contribution in [-0.4, -0.2) is 19.7 Å². The van der Waals surface area contributed by atoms with Gasteiger partial charge in [-0.1, -0.05) is 46.8 Å². The van der Waals surface area contributed by atoms with E-state index in [2.05, 4.69) is 71.1 Å². The third kappa shape index (κ3) is 6.52. The van der Waals surface area contributed by atoms with Gasteiger partial charge in [-0.25, -0.2) is 0 Å². The predicted molar refractivity (Wildman–Crippen MR) is 92.2 cm³/mol. The Morgan fingerprint density at radius 3 is 2.10 bits per heavy atom. The molecule has 0 aliphatic rings. The van der Waals surface area contributed by atoms with Crippen molar-refractivity contribution in [3.63, 3.8) is 0 Å². The van der Waals surface area contributed by atoms with E-state index in [1.54, 1.807) is 0 Å². The second kappa shape index (κ2) is 7.31. The van der Waals surface area contributed by atoms with Crippen LogP contribution < -0.4 is 10.1 Å². The number of ether oxygens (including phenoxy) is 1. The van der Waals surface area contributed by atoms with Gasteiger partial charge in [0, 0.05) is 6.04 Å². The Morgan fingerprint density at radius 2 is 1.62 bits per heavy atom. The highest BCUT2D eigenvalue weighted by molar-refractivity contribution is 5.31. The molecule has 0 bridgehead atoms. The fourth-order valence-electron chi connectivity index (χ4n) is 2.93. The highest BCUT2D eigenvalue weighted by atomic mass is 16.5. The molecule has 0 amide bonds. The quantitative estimate of drug-likeness (QED) is 0.781. The second-order valence-corrected chi connectivity index (χ2v) is 7.97. The van der Waals surface area contributed by atoms with Crippen molar-refractivity contribution in [3.05, 3.63) is 29.8 Å². The molecule has 0 radical (unpaired) electrons. The number of benzene rings is 1. The van der Waals surface area contributed by atoms with E-state index in [0.29, 0.717) is 11.5 Å². The standard InChI is InChI=1S/C19H33NO/c1-15(20-7)12-13-21-17-10-8-16(9-11-17)19(5,6)14-18(2,3)4/h8-11,15,20H,12-14H2,1-7H3. The van der Waals surface area contributed by atoms with Crippen LogP contribution in [0.1, 0.15) is 59.9 Å². The van der Waals surface area contributed by atoms with Gasteiger partial charge < -0.3 is 10.1 Å². The molecular weight excluding hydrogens is 258 g/mol. The maximum atomic E-state index is 5.81. The van der Waals surface area contributed by atoms with Gasteiger partial charge in [0.2, 0.25) is 0 Å². The first-order chi connectivity index (χ1) is 9.64. The van der Waals surface area contributed by atoms with Gasteiger partial charge in [-0.2, -0.15) is 0 Å². The van der Waals surface area contributed by atoms with Gasteiger partial charge in [0.15, 0.2) is 0 Å². The van der Waals surface area contributed by atoms with E-state index in [1.165, 1.54) is 12.0 Å². The summed E-state index contributed by atoms with van der Waals surface area (Å²) in [4.78, 5) is 0. The Labute approximate surface area is 131 Å². The molecule has 0 aromatic heterocycles. The lowest BCUT2D eigenvalue weighted by Gasteiger charge is -2.33. The minimum Gasteiger partial charge on any atom is -0.494 e. The molecule has 0 aliphatic carbocycles. The highest BCUT2D eigenvalue weighted by Crippen LogP contribution is 2.36. The van der Waals surface area contributed by atoms with E-state index >= 15 is 0 Å². The molecule has 1 atom stereocenters. The number of hydrogen-bond donors (Lipinski definition) is 1. The summed E-state index contributed by atoms with van der Waals surface area (Å²) in [6.07, 6.45) is 2.19. The van der Waals surface area contributed by atoms with Crippen LogP contribution in [0.5, 0.6) is 5.75 Å². The minimum absolute atomic E-state index is 0.192. The molecule has 0 fully saturated rings. The zero-order valence-electron chi connectivity index (χ0n) is 14.9. The first kappa shape index (κ1) is 18.0. The van der Waals surface area contributed by atoms with Gasteiger partial charge in [0.1, 0.15) is 5.75 Å². The van der Waals surface area contributed by atoms with Gasteiger partial charge in [-0.3, -0.25) is 0 Å². The molecule has 21 heavy (non-hydrogen) atoms. The lowest BCUT2D eigenvalue weighted by molar-refractivity contribution is 0.282. The SMILES string of the molecule is CNC(C)CCOc1ccc(C(C)(C)CC(C)(C)C)cc1. The molecule has 120 valence electrons. The summed E-state index contributed by atoms with van der Waals surface area (Å²) < 4.78 is 5.81. The maximum absolute atomic E-state index is 5.81. The third-order valence-corrected chi connectivity index (χ3v) is 3.92. The molecule has 0 spiro atoms. The smallest absolute Gasteiger partial charge is 0.119 e. The highest BCUT2D eigenvalue weighted by Gasteiger charge is 2.27. The van der Waals surface area contributed by atoms with Crippen LogP contribution in [0.15, 0.2) is 24.3 Å². The molecule has 0 saturated heterocycles. The van der Waals surface area contributed by atoms with E-state index in [0.717, 1.165) is 18.8 Å². The first-order valence-electron chi connectivity index (χ1n) is 8.05. The molecule has 1 N–H and O–H groups in total. The van der Waals surface area contributed by atoms with Crippen molar-refractivity contribution in [2.24, 2.45) is 5.41 Å². The Bertz CT molecular complexity index is 414. The molecule has 1 unspecified atom stereocenters. The zero-order valence-corrected chi connectivity index (χ0v) is 14.9. The van der Waals surface area contributed by atoms with Gasteiger partial charge in [0.05, 0.1) is 6.61 Å². The Morgan fingerprint density at radius 1 is 1.05 bits per heavy atom. The predicted octanol–water partition coefficient (Wildman–Crippen LogP) is 4.78. The van der Waals surface area contributed by atoms with Crippen molar-refractivity contribution in [1.29, 1.82) is 0 Å². The fraction of sp³-hybridized carbons (Fsp3) is 0.684. The summed E-state index contributed by atoms with van der Waals surface area (Å²) in [7, 11) is 1.98. The minimum atomic E-state index is 0.192. The lowest BCUT2D eigenvalue weighted by Crippen LogP contribution is -2.24. The molecule has 0 aliphatic heterocycles. The van der Waals surface area contributed by atoms with E-state index in [-0.39, 0.29) is 5.41 Å². The zero-order chi connectivity index (χ0) is 16.1. The second-order valence-electron chi connectivity index (χ2n) is 7.97. The molecule has 1 rings (SSSR count). The summed E-state index contributed by atoms with van der Waals surface area (Å²) in [5, 5.41) is 3.22.